The molecule has 0 bridgehead atoms. The van der Waals surface area contributed by atoms with Gasteiger partial charge in [0.1, 0.15) is 11.9 Å². The second kappa shape index (κ2) is 8.88. The van der Waals surface area contributed by atoms with Crippen LogP contribution in [0.2, 0.25) is 0 Å². The third kappa shape index (κ3) is 4.31. The van der Waals surface area contributed by atoms with Gasteiger partial charge in [0, 0.05) is 32.7 Å². The molecule has 1 saturated heterocycles. The lowest BCUT2D eigenvalue weighted by Gasteiger charge is -2.40. The molecule has 2 aliphatic heterocycles. The van der Waals surface area contributed by atoms with E-state index in [1.807, 2.05) is 25.1 Å². The van der Waals surface area contributed by atoms with Crippen LogP contribution in [-0.2, 0) is 33.9 Å². The van der Waals surface area contributed by atoms with Crippen LogP contribution in [0.4, 0.5) is 4.39 Å². The molecule has 3 amide bonds. The van der Waals surface area contributed by atoms with E-state index in [4.69, 9.17) is 0 Å². The minimum Gasteiger partial charge on any atom is -0.336 e. The molecule has 0 saturated carbocycles. The third-order valence-electron chi connectivity index (χ3n) is 6.12. The summed E-state index contributed by atoms with van der Waals surface area (Å²) in [6.07, 6.45) is 1.24. The van der Waals surface area contributed by atoms with Crippen LogP contribution in [0.1, 0.15) is 30.0 Å². The smallest absolute Gasteiger partial charge is 0.312 e. The Labute approximate surface area is 181 Å². The largest absolute Gasteiger partial charge is 0.336 e. The summed E-state index contributed by atoms with van der Waals surface area (Å²) >= 11 is 0. The Hall–Kier alpha value is -3.22. The number of rotatable bonds is 5. The van der Waals surface area contributed by atoms with Crippen molar-refractivity contribution in [1.82, 2.24) is 14.7 Å². The van der Waals surface area contributed by atoms with Crippen LogP contribution in [0.5, 0.6) is 0 Å². The Morgan fingerprint density at radius 2 is 1.68 bits per heavy atom. The van der Waals surface area contributed by atoms with Crippen LogP contribution < -0.4 is 0 Å². The topological polar surface area (TPSA) is 60.9 Å². The maximum Gasteiger partial charge on any atom is 0.312 e. The Morgan fingerprint density at radius 3 is 2.39 bits per heavy atom. The maximum atomic E-state index is 13.3. The fraction of sp³-hybridized carbons (Fsp3) is 0.375. The minimum absolute atomic E-state index is 0.106. The van der Waals surface area contributed by atoms with Gasteiger partial charge in [-0.25, -0.2) is 4.39 Å². The van der Waals surface area contributed by atoms with Gasteiger partial charge >= 0.3 is 11.8 Å². The van der Waals surface area contributed by atoms with E-state index < -0.39 is 17.9 Å². The molecule has 162 valence electrons. The summed E-state index contributed by atoms with van der Waals surface area (Å²) in [4.78, 5) is 43.5. The van der Waals surface area contributed by atoms with Crippen molar-refractivity contribution >= 4 is 17.7 Å². The summed E-state index contributed by atoms with van der Waals surface area (Å²) in [7, 11) is 0. The number of benzene rings is 2. The first kappa shape index (κ1) is 21.0. The molecule has 7 heteroatoms. The normalized spacial score (nSPS) is 17.5. The quantitative estimate of drug-likeness (QED) is 0.694. The summed E-state index contributed by atoms with van der Waals surface area (Å²) in [5.41, 5.74) is 3.13. The highest BCUT2D eigenvalue weighted by molar-refractivity contribution is 6.35. The monoisotopic (exact) mass is 423 g/mol. The standard InChI is InChI=1S/C24H26FN3O3/c1-2-21(22(29)26-12-11-18-5-3-4-6-19(18)16-26)28-14-13-27(23(30)24(28)31)15-17-7-9-20(25)10-8-17/h3-10,21H,2,11-16H2,1H3. The number of amides is 3. The van der Waals surface area contributed by atoms with Crippen LogP contribution in [0.15, 0.2) is 48.5 Å². The van der Waals surface area contributed by atoms with E-state index in [-0.39, 0.29) is 18.3 Å². The van der Waals surface area contributed by atoms with Gasteiger partial charge in [0.05, 0.1) is 0 Å². The Balaban J connectivity index is 1.43. The van der Waals surface area contributed by atoms with Crippen LogP contribution >= 0.6 is 0 Å². The highest BCUT2D eigenvalue weighted by atomic mass is 19.1. The summed E-state index contributed by atoms with van der Waals surface area (Å²) in [6.45, 7) is 3.89. The molecule has 1 fully saturated rings. The molecule has 0 aromatic heterocycles. The number of fused-ring (bicyclic) bond motifs is 1. The molecule has 2 aromatic carbocycles. The van der Waals surface area contributed by atoms with Crippen molar-refractivity contribution in [3.63, 3.8) is 0 Å². The summed E-state index contributed by atoms with van der Waals surface area (Å²) in [6, 6.07) is 13.3. The number of carbonyl (C=O) groups excluding carboxylic acids is 3. The predicted octanol–water partition coefficient (Wildman–Crippen LogP) is 2.36. The number of halogens is 1. The highest BCUT2D eigenvalue weighted by Crippen LogP contribution is 2.22. The fourth-order valence-electron chi connectivity index (χ4n) is 4.37. The molecule has 1 unspecified atom stereocenters. The number of nitrogens with zero attached hydrogens (tertiary/aromatic N) is 3. The van der Waals surface area contributed by atoms with Gasteiger partial charge in [-0.2, -0.15) is 0 Å². The van der Waals surface area contributed by atoms with E-state index in [0.29, 0.717) is 32.6 Å². The predicted molar refractivity (Wildman–Crippen MR) is 113 cm³/mol. The number of piperazine rings is 1. The molecule has 4 rings (SSSR count). The van der Waals surface area contributed by atoms with Crippen molar-refractivity contribution < 1.29 is 18.8 Å². The van der Waals surface area contributed by atoms with Crippen molar-refractivity contribution in [1.29, 1.82) is 0 Å². The first-order valence-electron chi connectivity index (χ1n) is 10.7. The van der Waals surface area contributed by atoms with Crippen molar-refractivity contribution in [2.75, 3.05) is 19.6 Å². The van der Waals surface area contributed by atoms with Crippen molar-refractivity contribution in [2.45, 2.75) is 38.9 Å². The molecule has 0 radical (unpaired) electrons. The lowest BCUT2D eigenvalue weighted by atomic mass is 9.98. The molecule has 2 aromatic rings. The molecule has 1 atom stereocenters. The fourth-order valence-corrected chi connectivity index (χ4v) is 4.37. The van der Waals surface area contributed by atoms with Gasteiger partial charge in [-0.15, -0.1) is 0 Å². The van der Waals surface area contributed by atoms with Gasteiger partial charge < -0.3 is 14.7 Å². The van der Waals surface area contributed by atoms with E-state index in [0.717, 1.165) is 17.5 Å². The van der Waals surface area contributed by atoms with Crippen LogP contribution in [0.3, 0.4) is 0 Å². The SMILES string of the molecule is CCC(C(=O)N1CCc2ccccc2C1)N1CCN(Cc2ccc(F)cc2)C(=O)C1=O. The zero-order valence-electron chi connectivity index (χ0n) is 17.6. The van der Waals surface area contributed by atoms with Crippen molar-refractivity contribution in [2.24, 2.45) is 0 Å². The summed E-state index contributed by atoms with van der Waals surface area (Å²) < 4.78 is 13.1. The Kier molecular flexibility index (Phi) is 6.02. The second-order valence-corrected chi connectivity index (χ2v) is 8.05. The molecular weight excluding hydrogens is 397 g/mol. The number of hydrogen-bond donors (Lipinski definition) is 0. The lowest BCUT2D eigenvalue weighted by molar-refractivity contribution is -0.161. The van der Waals surface area contributed by atoms with Crippen molar-refractivity contribution in [3.05, 3.63) is 71.0 Å². The van der Waals surface area contributed by atoms with Gasteiger partial charge in [0.25, 0.3) is 0 Å². The summed E-state index contributed by atoms with van der Waals surface area (Å²) in [5, 5.41) is 0. The van der Waals surface area contributed by atoms with E-state index >= 15 is 0 Å². The molecule has 2 heterocycles. The third-order valence-corrected chi connectivity index (χ3v) is 6.12. The van der Waals surface area contributed by atoms with E-state index in [1.54, 1.807) is 17.0 Å². The van der Waals surface area contributed by atoms with Gasteiger partial charge in [-0.05, 0) is 41.7 Å². The van der Waals surface area contributed by atoms with Crippen LogP contribution in [-0.4, -0.2) is 58.1 Å². The zero-order valence-corrected chi connectivity index (χ0v) is 17.6. The average Bonchev–Trinajstić information content (AvgIpc) is 2.79. The highest BCUT2D eigenvalue weighted by Gasteiger charge is 2.40. The Morgan fingerprint density at radius 1 is 0.968 bits per heavy atom. The minimum atomic E-state index is -0.647. The van der Waals surface area contributed by atoms with E-state index in [1.165, 1.54) is 27.5 Å². The first-order chi connectivity index (χ1) is 15.0. The van der Waals surface area contributed by atoms with Gasteiger partial charge in [0.2, 0.25) is 5.91 Å². The first-order valence-corrected chi connectivity index (χ1v) is 10.7. The summed E-state index contributed by atoms with van der Waals surface area (Å²) in [5.74, 6) is -1.72. The van der Waals surface area contributed by atoms with Gasteiger partial charge in [0.15, 0.2) is 0 Å². The molecule has 0 N–H and O–H groups in total. The van der Waals surface area contributed by atoms with Crippen molar-refractivity contribution in [3.8, 4) is 0 Å². The molecular formula is C24H26FN3O3. The van der Waals surface area contributed by atoms with Crippen LogP contribution in [0.25, 0.3) is 0 Å². The average molecular weight is 423 g/mol. The molecule has 2 aliphatic rings. The van der Waals surface area contributed by atoms with Crippen LogP contribution in [0, 0.1) is 5.82 Å². The Bertz CT molecular complexity index is 992. The van der Waals surface area contributed by atoms with Gasteiger partial charge in [-0.1, -0.05) is 43.3 Å². The van der Waals surface area contributed by atoms with Gasteiger partial charge in [-0.3, -0.25) is 14.4 Å². The molecule has 0 spiro atoms. The molecule has 0 aliphatic carbocycles. The number of carbonyl (C=O) groups is 3. The zero-order chi connectivity index (χ0) is 22.0. The maximum absolute atomic E-state index is 13.3. The molecule has 31 heavy (non-hydrogen) atoms. The number of hydrogen-bond acceptors (Lipinski definition) is 3. The second-order valence-electron chi connectivity index (χ2n) is 8.05. The van der Waals surface area contributed by atoms with E-state index in [2.05, 4.69) is 6.07 Å². The lowest BCUT2D eigenvalue weighted by Crippen LogP contribution is -2.60. The van der Waals surface area contributed by atoms with E-state index in [9.17, 15) is 18.8 Å². The molecule has 6 nitrogen and oxygen atoms in total.